The highest BCUT2D eigenvalue weighted by molar-refractivity contribution is 5.95. The van der Waals surface area contributed by atoms with Gasteiger partial charge in [0.1, 0.15) is 12.1 Å². The van der Waals surface area contributed by atoms with E-state index >= 15 is 0 Å². The monoisotopic (exact) mass is 664 g/mol. The molecule has 47 heavy (non-hydrogen) atoms. The molecule has 17 nitrogen and oxygen atoms in total. The van der Waals surface area contributed by atoms with Crippen molar-refractivity contribution in [2.75, 3.05) is 51.2 Å². The van der Waals surface area contributed by atoms with E-state index in [0.717, 1.165) is 4.90 Å². The SMILES string of the molecule is O=C(O)CC(NC(=O)Nc1cc(OCC(=O)N2CCCC2C(=O)NCC(F)F)n(-c2ccccc2)n1)C(=O)N1CCN(C(=O)O)CC1. The first-order chi connectivity index (χ1) is 22.4. The molecule has 2 aliphatic rings. The molecule has 2 fully saturated rings. The molecule has 5 N–H and O–H groups in total. The van der Waals surface area contributed by atoms with Crippen molar-refractivity contribution in [2.45, 2.75) is 37.8 Å². The Hall–Kier alpha value is -5.49. The molecule has 0 bridgehead atoms. The highest BCUT2D eigenvalue weighted by Gasteiger charge is 2.35. The van der Waals surface area contributed by atoms with Crippen LogP contribution in [0.1, 0.15) is 19.3 Å². The summed E-state index contributed by atoms with van der Waals surface area (Å²) >= 11 is 0. The Kier molecular flexibility index (Phi) is 11.5. The number of ether oxygens (including phenoxy) is 1. The number of likely N-dealkylation sites (tertiary alicyclic amines) is 1. The zero-order valence-corrected chi connectivity index (χ0v) is 25.0. The van der Waals surface area contributed by atoms with Gasteiger partial charge in [0.25, 0.3) is 12.3 Å². The first kappa shape index (κ1) is 34.4. The molecule has 2 saturated heterocycles. The molecule has 254 valence electrons. The van der Waals surface area contributed by atoms with Gasteiger partial charge in [-0.15, -0.1) is 5.10 Å². The second-order valence-corrected chi connectivity index (χ2v) is 10.6. The van der Waals surface area contributed by atoms with Crippen LogP contribution in [0.15, 0.2) is 36.4 Å². The van der Waals surface area contributed by atoms with E-state index in [1.54, 1.807) is 30.3 Å². The Labute approximate surface area is 266 Å². The van der Waals surface area contributed by atoms with E-state index in [4.69, 9.17) is 9.84 Å². The summed E-state index contributed by atoms with van der Waals surface area (Å²) in [4.78, 5) is 77.6. The summed E-state index contributed by atoms with van der Waals surface area (Å²) in [6, 6.07) is 6.42. The van der Waals surface area contributed by atoms with Crippen LogP contribution in [0.2, 0.25) is 0 Å². The lowest BCUT2D eigenvalue weighted by Crippen LogP contribution is -2.56. The predicted molar refractivity (Wildman–Crippen MR) is 157 cm³/mol. The smallest absolute Gasteiger partial charge is 0.407 e. The number of para-hydroxylation sites is 1. The number of amides is 6. The quantitative estimate of drug-likeness (QED) is 0.211. The minimum absolute atomic E-state index is 0.00668. The molecule has 1 aromatic carbocycles. The van der Waals surface area contributed by atoms with Gasteiger partial charge < -0.3 is 40.3 Å². The third-order valence-electron chi connectivity index (χ3n) is 7.41. The number of nitrogens with zero attached hydrogens (tertiary/aromatic N) is 5. The Balaban J connectivity index is 1.43. The Morgan fingerprint density at radius 2 is 1.66 bits per heavy atom. The molecule has 0 saturated carbocycles. The third-order valence-corrected chi connectivity index (χ3v) is 7.41. The van der Waals surface area contributed by atoms with Crippen LogP contribution in [0.3, 0.4) is 0 Å². The lowest BCUT2D eigenvalue weighted by molar-refractivity contribution is -0.143. The summed E-state index contributed by atoms with van der Waals surface area (Å²) < 4.78 is 32.1. The maximum atomic E-state index is 13.1. The van der Waals surface area contributed by atoms with Crippen molar-refractivity contribution in [3.05, 3.63) is 36.4 Å². The molecule has 4 rings (SSSR count). The van der Waals surface area contributed by atoms with E-state index in [2.05, 4.69) is 21.0 Å². The van der Waals surface area contributed by atoms with E-state index < -0.39 is 73.9 Å². The van der Waals surface area contributed by atoms with Gasteiger partial charge in [-0.2, -0.15) is 4.68 Å². The van der Waals surface area contributed by atoms with Crippen LogP contribution in [-0.4, -0.2) is 135 Å². The van der Waals surface area contributed by atoms with Gasteiger partial charge in [0, 0.05) is 38.8 Å². The normalized spacial score (nSPS) is 16.8. The number of hydrogen-bond acceptors (Lipinski definition) is 8. The van der Waals surface area contributed by atoms with Crippen LogP contribution in [-0.2, 0) is 19.2 Å². The number of hydrogen-bond donors (Lipinski definition) is 5. The maximum absolute atomic E-state index is 13.1. The number of carbonyl (C=O) groups is 6. The Morgan fingerprint density at radius 3 is 2.30 bits per heavy atom. The molecule has 2 unspecified atom stereocenters. The molecule has 0 aliphatic carbocycles. The minimum atomic E-state index is -2.74. The number of carboxylic acid groups (broad SMARTS) is 2. The van der Waals surface area contributed by atoms with Crippen LogP contribution in [0, 0.1) is 0 Å². The Morgan fingerprint density at radius 1 is 0.979 bits per heavy atom. The molecule has 0 spiro atoms. The van der Waals surface area contributed by atoms with Crippen molar-refractivity contribution >= 4 is 41.6 Å². The first-order valence-corrected chi connectivity index (χ1v) is 14.6. The fourth-order valence-corrected chi connectivity index (χ4v) is 5.16. The van der Waals surface area contributed by atoms with Gasteiger partial charge in [-0.3, -0.25) is 24.5 Å². The molecule has 6 amide bonds. The van der Waals surface area contributed by atoms with Crippen molar-refractivity contribution in [3.8, 4) is 11.6 Å². The summed E-state index contributed by atoms with van der Waals surface area (Å²) in [7, 11) is 0. The van der Waals surface area contributed by atoms with Gasteiger partial charge in [-0.1, -0.05) is 18.2 Å². The standard InChI is InChI=1S/C28H34F2N8O9/c29-20(30)15-31-25(42)19-7-4-8-37(19)22(39)16-47-23-14-21(34-38(23)17-5-2-1-3-6-17)33-27(44)32-18(13-24(40)41)26(43)35-9-11-36(12-10-35)28(45)46/h1-3,5-6,14,18-20H,4,7-13,15-16H2,(H,31,42)(H,40,41)(H,45,46)(H2,32,33,34,44). The van der Waals surface area contributed by atoms with Gasteiger partial charge in [0.05, 0.1) is 18.7 Å². The number of aliphatic carboxylic acids is 1. The van der Waals surface area contributed by atoms with Crippen LogP contribution >= 0.6 is 0 Å². The summed E-state index contributed by atoms with van der Waals surface area (Å²) in [5, 5.41) is 29.6. The van der Waals surface area contributed by atoms with Gasteiger partial charge >= 0.3 is 18.1 Å². The van der Waals surface area contributed by atoms with Crippen LogP contribution in [0.5, 0.6) is 5.88 Å². The fourth-order valence-electron chi connectivity index (χ4n) is 5.16. The highest BCUT2D eigenvalue weighted by atomic mass is 19.3. The van der Waals surface area contributed by atoms with Crippen LogP contribution in [0.25, 0.3) is 5.69 Å². The number of rotatable bonds is 12. The average Bonchev–Trinajstić information content (AvgIpc) is 3.70. The first-order valence-electron chi connectivity index (χ1n) is 14.6. The number of anilines is 1. The van der Waals surface area contributed by atoms with Crippen LogP contribution in [0.4, 0.5) is 24.2 Å². The van der Waals surface area contributed by atoms with Crippen molar-refractivity contribution in [1.82, 2.24) is 35.1 Å². The average molecular weight is 665 g/mol. The summed E-state index contributed by atoms with van der Waals surface area (Å²) in [5.74, 6) is -3.40. The Bertz CT molecular complexity index is 1470. The van der Waals surface area contributed by atoms with Crippen molar-refractivity contribution in [1.29, 1.82) is 0 Å². The highest BCUT2D eigenvalue weighted by Crippen LogP contribution is 2.24. The summed E-state index contributed by atoms with van der Waals surface area (Å²) in [5.41, 5.74) is 0.480. The molecule has 2 aliphatic heterocycles. The number of carboxylic acids is 1. The van der Waals surface area contributed by atoms with Crippen LogP contribution < -0.4 is 20.7 Å². The predicted octanol–water partition coefficient (Wildman–Crippen LogP) is 0.410. The number of carbonyl (C=O) groups excluding carboxylic acids is 4. The van der Waals surface area contributed by atoms with E-state index in [9.17, 15) is 42.7 Å². The van der Waals surface area contributed by atoms with Gasteiger partial charge in [-0.25, -0.2) is 18.4 Å². The number of halogens is 2. The largest absolute Gasteiger partial charge is 0.481 e. The molecule has 2 aromatic rings. The van der Waals surface area contributed by atoms with Crippen molar-refractivity contribution in [3.63, 3.8) is 0 Å². The third kappa shape index (κ3) is 9.27. The number of aromatic nitrogens is 2. The van der Waals surface area contributed by atoms with Crippen molar-refractivity contribution in [2.24, 2.45) is 0 Å². The molecular weight excluding hydrogens is 630 g/mol. The topological polar surface area (TPSA) is 216 Å². The zero-order valence-electron chi connectivity index (χ0n) is 25.0. The van der Waals surface area contributed by atoms with E-state index in [1.807, 2.05) is 0 Å². The zero-order chi connectivity index (χ0) is 34.1. The lowest BCUT2D eigenvalue weighted by Gasteiger charge is -2.35. The summed E-state index contributed by atoms with van der Waals surface area (Å²) in [6.07, 6.45) is -3.82. The molecule has 2 atom stereocenters. The summed E-state index contributed by atoms with van der Waals surface area (Å²) in [6.45, 7) is -1.06. The number of nitrogens with one attached hydrogen (secondary N) is 3. The molecule has 1 aromatic heterocycles. The fraction of sp³-hybridized carbons (Fsp3) is 0.464. The number of benzene rings is 1. The number of piperazine rings is 1. The van der Waals surface area contributed by atoms with E-state index in [0.29, 0.717) is 18.5 Å². The van der Waals surface area contributed by atoms with Gasteiger partial charge in [0.2, 0.25) is 17.7 Å². The van der Waals surface area contributed by atoms with Gasteiger partial charge in [0.15, 0.2) is 12.4 Å². The number of alkyl halides is 2. The van der Waals surface area contributed by atoms with E-state index in [1.165, 1.54) is 20.5 Å². The second-order valence-electron chi connectivity index (χ2n) is 10.6. The molecule has 19 heteroatoms. The minimum Gasteiger partial charge on any atom is -0.481 e. The number of urea groups is 1. The van der Waals surface area contributed by atoms with Gasteiger partial charge in [-0.05, 0) is 25.0 Å². The molecule has 0 radical (unpaired) electrons. The molecule has 3 heterocycles. The van der Waals surface area contributed by atoms with Crippen molar-refractivity contribution < 1.29 is 52.5 Å². The second kappa shape index (κ2) is 15.7. The van der Waals surface area contributed by atoms with E-state index in [-0.39, 0.29) is 44.4 Å². The lowest BCUT2D eigenvalue weighted by atomic mass is 10.1. The molecular formula is C28H34F2N8O9. The maximum Gasteiger partial charge on any atom is 0.407 e.